The van der Waals surface area contributed by atoms with E-state index in [1.807, 2.05) is 25.2 Å². The largest absolute Gasteiger partial charge is 0.342 e. The molecular weight excluding hydrogens is 362 g/mol. The molecule has 1 amide bonds. The van der Waals surface area contributed by atoms with Crippen molar-refractivity contribution in [3.8, 4) is 0 Å². The molecule has 0 N–H and O–H groups in total. The third-order valence-corrected chi connectivity index (χ3v) is 7.71. The van der Waals surface area contributed by atoms with Gasteiger partial charge >= 0.3 is 0 Å². The summed E-state index contributed by atoms with van der Waals surface area (Å²) in [5, 5.41) is 2.16. The number of thiophene rings is 1. The standard InChI is InChI=1S/C20H27N3OS2/c1-13(20(24)23-11-7-3-4-8-12-23)25-18-17-15-9-5-6-10-16(15)26-19(17)22-14(2)21-18/h13H,3-12H2,1-2H3/t13-/m1/s1. The monoisotopic (exact) mass is 389 g/mol. The number of likely N-dealkylation sites (tertiary alicyclic amines) is 1. The van der Waals surface area contributed by atoms with E-state index < -0.39 is 0 Å². The lowest BCUT2D eigenvalue weighted by Gasteiger charge is -2.24. The van der Waals surface area contributed by atoms with Gasteiger partial charge in [-0.2, -0.15) is 0 Å². The summed E-state index contributed by atoms with van der Waals surface area (Å²) in [6.07, 6.45) is 9.59. The number of amides is 1. The number of fused-ring (bicyclic) bond motifs is 3. The second-order valence-corrected chi connectivity index (χ2v) is 9.88. The average Bonchev–Trinajstić information content (AvgIpc) is 2.80. The van der Waals surface area contributed by atoms with Crippen molar-refractivity contribution in [2.24, 2.45) is 0 Å². The molecule has 0 aromatic carbocycles. The van der Waals surface area contributed by atoms with Crippen molar-refractivity contribution in [3.05, 3.63) is 16.3 Å². The Labute approximate surface area is 163 Å². The highest BCUT2D eigenvalue weighted by atomic mass is 32.2. The minimum Gasteiger partial charge on any atom is -0.342 e. The number of hydrogen-bond acceptors (Lipinski definition) is 5. The van der Waals surface area contributed by atoms with Gasteiger partial charge in [-0.05, 0) is 57.9 Å². The van der Waals surface area contributed by atoms with E-state index in [-0.39, 0.29) is 11.2 Å². The van der Waals surface area contributed by atoms with Gasteiger partial charge in [0.2, 0.25) is 5.91 Å². The summed E-state index contributed by atoms with van der Waals surface area (Å²) in [6, 6.07) is 0. The molecule has 0 unspecified atom stereocenters. The van der Waals surface area contributed by atoms with E-state index in [0.717, 1.165) is 48.0 Å². The van der Waals surface area contributed by atoms with Crippen molar-refractivity contribution in [2.75, 3.05) is 13.1 Å². The van der Waals surface area contributed by atoms with Crippen LogP contribution in [0.5, 0.6) is 0 Å². The molecule has 0 spiro atoms. The maximum atomic E-state index is 13.0. The maximum Gasteiger partial charge on any atom is 0.235 e. The fraction of sp³-hybridized carbons (Fsp3) is 0.650. The predicted octanol–water partition coefficient (Wildman–Crippen LogP) is 4.76. The zero-order valence-corrected chi connectivity index (χ0v) is 17.3. The van der Waals surface area contributed by atoms with Crippen molar-refractivity contribution in [1.82, 2.24) is 14.9 Å². The zero-order chi connectivity index (χ0) is 18.1. The van der Waals surface area contributed by atoms with Crippen LogP contribution in [0.3, 0.4) is 0 Å². The molecule has 26 heavy (non-hydrogen) atoms. The van der Waals surface area contributed by atoms with Crippen LogP contribution in [-0.4, -0.2) is 39.1 Å². The fourth-order valence-electron chi connectivity index (χ4n) is 4.08. The molecule has 2 aromatic heterocycles. The summed E-state index contributed by atoms with van der Waals surface area (Å²) in [4.78, 5) is 27.1. The van der Waals surface area contributed by atoms with Crippen LogP contribution in [0.4, 0.5) is 0 Å². The number of thioether (sulfide) groups is 1. The third kappa shape index (κ3) is 3.63. The lowest BCUT2D eigenvalue weighted by atomic mass is 9.97. The highest BCUT2D eigenvalue weighted by molar-refractivity contribution is 8.00. The summed E-state index contributed by atoms with van der Waals surface area (Å²) < 4.78 is 0. The van der Waals surface area contributed by atoms with Crippen LogP contribution in [0.15, 0.2) is 5.03 Å². The lowest BCUT2D eigenvalue weighted by Crippen LogP contribution is -2.37. The van der Waals surface area contributed by atoms with E-state index in [1.165, 1.54) is 47.9 Å². The number of carbonyl (C=O) groups excluding carboxylic acids is 1. The number of hydrogen-bond donors (Lipinski definition) is 0. The maximum absolute atomic E-state index is 13.0. The number of carbonyl (C=O) groups is 1. The van der Waals surface area contributed by atoms with Gasteiger partial charge in [0.05, 0.1) is 5.25 Å². The minimum absolute atomic E-state index is 0.0928. The van der Waals surface area contributed by atoms with E-state index >= 15 is 0 Å². The molecule has 3 heterocycles. The molecule has 1 saturated heterocycles. The Kier molecular flexibility index (Phi) is 5.50. The first kappa shape index (κ1) is 18.2. The average molecular weight is 390 g/mol. The van der Waals surface area contributed by atoms with Gasteiger partial charge in [-0.3, -0.25) is 4.79 Å². The molecule has 1 fully saturated rings. The van der Waals surface area contributed by atoms with E-state index in [4.69, 9.17) is 9.97 Å². The van der Waals surface area contributed by atoms with Gasteiger partial charge < -0.3 is 4.90 Å². The van der Waals surface area contributed by atoms with Crippen LogP contribution in [0, 0.1) is 6.92 Å². The Hall–Kier alpha value is -1.14. The first-order valence-corrected chi connectivity index (χ1v) is 11.6. The summed E-state index contributed by atoms with van der Waals surface area (Å²) >= 11 is 3.47. The van der Waals surface area contributed by atoms with Gasteiger partial charge in [-0.25, -0.2) is 9.97 Å². The first-order chi connectivity index (χ1) is 12.6. The lowest BCUT2D eigenvalue weighted by molar-refractivity contribution is -0.130. The molecule has 140 valence electrons. The van der Waals surface area contributed by atoms with Gasteiger partial charge in [0.15, 0.2) is 0 Å². The van der Waals surface area contributed by atoms with E-state index in [2.05, 4.69) is 4.90 Å². The summed E-state index contributed by atoms with van der Waals surface area (Å²) in [5.41, 5.74) is 1.45. The van der Waals surface area contributed by atoms with E-state index in [1.54, 1.807) is 11.8 Å². The highest BCUT2D eigenvalue weighted by Crippen LogP contribution is 2.40. The topological polar surface area (TPSA) is 46.1 Å². The van der Waals surface area contributed by atoms with Gasteiger partial charge in [-0.1, -0.05) is 24.6 Å². The number of nitrogens with zero attached hydrogens (tertiary/aromatic N) is 3. The third-order valence-electron chi connectivity index (χ3n) is 5.45. The second kappa shape index (κ2) is 7.85. The molecule has 1 aliphatic carbocycles. The molecule has 0 saturated carbocycles. The highest BCUT2D eigenvalue weighted by Gasteiger charge is 2.26. The van der Waals surface area contributed by atoms with Crippen molar-refractivity contribution < 1.29 is 4.79 Å². The zero-order valence-electron chi connectivity index (χ0n) is 15.7. The molecular formula is C20H27N3OS2. The van der Waals surface area contributed by atoms with Crippen molar-refractivity contribution in [2.45, 2.75) is 75.5 Å². The smallest absolute Gasteiger partial charge is 0.235 e. The van der Waals surface area contributed by atoms with Gasteiger partial charge in [0.1, 0.15) is 15.7 Å². The molecule has 0 bridgehead atoms. The SMILES string of the molecule is Cc1nc(S[C@H](C)C(=O)N2CCCCCC2)c2c3c(sc2n1)CCCC3. The molecule has 0 radical (unpaired) electrons. The minimum atomic E-state index is -0.0928. The van der Waals surface area contributed by atoms with Crippen molar-refractivity contribution in [3.63, 3.8) is 0 Å². The Morgan fingerprint density at radius 2 is 1.81 bits per heavy atom. The quantitative estimate of drug-likeness (QED) is 0.561. The van der Waals surface area contributed by atoms with Gasteiger partial charge in [0, 0.05) is 23.4 Å². The number of aromatic nitrogens is 2. The fourth-order valence-corrected chi connectivity index (χ4v) is 6.56. The van der Waals surface area contributed by atoms with Crippen molar-refractivity contribution in [1.29, 1.82) is 0 Å². The van der Waals surface area contributed by atoms with Gasteiger partial charge in [-0.15, -0.1) is 11.3 Å². The predicted molar refractivity (Wildman–Crippen MR) is 109 cm³/mol. The van der Waals surface area contributed by atoms with Crippen molar-refractivity contribution >= 4 is 39.2 Å². The first-order valence-electron chi connectivity index (χ1n) is 9.88. The van der Waals surface area contributed by atoms with E-state index in [0.29, 0.717) is 0 Å². The van der Waals surface area contributed by atoms with Crippen LogP contribution in [0.1, 0.15) is 61.7 Å². The molecule has 2 aliphatic rings. The Bertz CT molecular complexity index is 809. The van der Waals surface area contributed by atoms with Gasteiger partial charge in [0.25, 0.3) is 0 Å². The normalized spacial score (nSPS) is 19.2. The van der Waals surface area contributed by atoms with Crippen LogP contribution >= 0.6 is 23.1 Å². The Balaban J connectivity index is 1.61. The number of aryl methyl sites for hydroxylation is 3. The summed E-state index contributed by atoms with van der Waals surface area (Å²) in [6.45, 7) is 5.83. The molecule has 4 nitrogen and oxygen atoms in total. The Morgan fingerprint density at radius 3 is 2.58 bits per heavy atom. The molecule has 4 rings (SSSR count). The summed E-state index contributed by atoms with van der Waals surface area (Å²) in [5.74, 6) is 1.08. The van der Waals surface area contributed by atoms with Crippen LogP contribution < -0.4 is 0 Å². The molecule has 1 atom stereocenters. The van der Waals surface area contributed by atoms with Crippen LogP contribution in [0.25, 0.3) is 10.2 Å². The molecule has 6 heteroatoms. The van der Waals surface area contributed by atoms with Crippen LogP contribution in [-0.2, 0) is 17.6 Å². The second-order valence-electron chi connectivity index (χ2n) is 7.47. The van der Waals surface area contributed by atoms with E-state index in [9.17, 15) is 4.79 Å². The number of rotatable bonds is 3. The summed E-state index contributed by atoms with van der Waals surface area (Å²) in [7, 11) is 0. The van der Waals surface area contributed by atoms with Crippen LogP contribution in [0.2, 0.25) is 0 Å². The Morgan fingerprint density at radius 1 is 1.08 bits per heavy atom. The molecule has 2 aromatic rings. The molecule has 1 aliphatic heterocycles.